The first-order valence-corrected chi connectivity index (χ1v) is 8.06. The Kier molecular flexibility index (Phi) is 8.16. The number of halogens is 1. The van der Waals surface area contributed by atoms with Crippen molar-refractivity contribution >= 4 is 11.6 Å². The molecule has 2 unspecified atom stereocenters. The zero-order valence-electron chi connectivity index (χ0n) is 12.6. The molecule has 0 spiro atoms. The van der Waals surface area contributed by atoms with E-state index < -0.39 is 0 Å². The second kappa shape index (κ2) is 9.39. The lowest BCUT2D eigenvalue weighted by Gasteiger charge is -2.27. The Morgan fingerprint density at radius 1 is 1.21 bits per heavy atom. The smallest absolute Gasteiger partial charge is 0.0408 e. The van der Waals surface area contributed by atoms with Crippen LogP contribution in [0.25, 0.3) is 0 Å². The molecular weight excluding hydrogens is 254 g/mol. The van der Waals surface area contributed by atoms with Crippen LogP contribution in [0.1, 0.15) is 52.0 Å². The van der Waals surface area contributed by atoms with Crippen molar-refractivity contribution in [3.05, 3.63) is 34.9 Å². The van der Waals surface area contributed by atoms with Crippen LogP contribution < -0.4 is 5.32 Å². The maximum Gasteiger partial charge on any atom is 0.0408 e. The van der Waals surface area contributed by atoms with Gasteiger partial charge >= 0.3 is 0 Å². The van der Waals surface area contributed by atoms with E-state index in [1.165, 1.54) is 31.2 Å². The quantitative estimate of drug-likeness (QED) is 0.666. The van der Waals surface area contributed by atoms with Gasteiger partial charge in [0.15, 0.2) is 0 Å². The van der Waals surface area contributed by atoms with E-state index in [4.69, 9.17) is 11.6 Å². The van der Waals surface area contributed by atoms with E-state index in [0.29, 0.717) is 6.04 Å². The van der Waals surface area contributed by atoms with Crippen molar-refractivity contribution in [2.45, 2.75) is 58.9 Å². The second-order valence-electron chi connectivity index (χ2n) is 5.31. The molecule has 0 aliphatic heterocycles. The molecule has 1 aromatic rings. The standard InChI is InChI=1S/C17H28ClN/c1-4-7-10-15(5-2)17(19-6-3)13-14-9-8-11-16(18)12-14/h8-9,11-12,15,17,19H,4-7,10,13H2,1-3H3. The van der Waals surface area contributed by atoms with Crippen LogP contribution in [0.4, 0.5) is 0 Å². The van der Waals surface area contributed by atoms with Crippen LogP contribution in [0.2, 0.25) is 5.02 Å². The number of benzene rings is 1. The lowest BCUT2D eigenvalue weighted by atomic mass is 9.87. The molecule has 0 saturated heterocycles. The van der Waals surface area contributed by atoms with E-state index in [0.717, 1.165) is 23.9 Å². The summed E-state index contributed by atoms with van der Waals surface area (Å²) in [5.41, 5.74) is 1.34. The summed E-state index contributed by atoms with van der Waals surface area (Å²) in [6.45, 7) is 7.81. The molecule has 2 heteroatoms. The predicted molar refractivity (Wildman–Crippen MR) is 85.9 cm³/mol. The average Bonchev–Trinajstić information content (AvgIpc) is 2.40. The van der Waals surface area contributed by atoms with E-state index >= 15 is 0 Å². The SMILES string of the molecule is CCCCC(CC)C(Cc1cccc(Cl)c1)NCC. The first kappa shape index (κ1) is 16.5. The maximum atomic E-state index is 6.08. The highest BCUT2D eigenvalue weighted by Gasteiger charge is 2.19. The molecule has 0 saturated carbocycles. The van der Waals surface area contributed by atoms with Crippen LogP contribution in [-0.2, 0) is 6.42 Å². The third kappa shape index (κ3) is 5.97. The van der Waals surface area contributed by atoms with Crippen molar-refractivity contribution in [3.63, 3.8) is 0 Å². The molecule has 1 N–H and O–H groups in total. The average molecular weight is 282 g/mol. The zero-order valence-corrected chi connectivity index (χ0v) is 13.3. The fourth-order valence-corrected chi connectivity index (χ4v) is 2.95. The Labute approximate surface area is 123 Å². The van der Waals surface area contributed by atoms with E-state index in [1.807, 2.05) is 12.1 Å². The lowest BCUT2D eigenvalue weighted by Crippen LogP contribution is -2.37. The molecule has 1 aromatic carbocycles. The van der Waals surface area contributed by atoms with Gasteiger partial charge < -0.3 is 5.32 Å². The summed E-state index contributed by atoms with van der Waals surface area (Å²) >= 11 is 6.08. The van der Waals surface area contributed by atoms with Gasteiger partial charge in [-0.2, -0.15) is 0 Å². The number of nitrogens with one attached hydrogen (secondary N) is 1. The van der Waals surface area contributed by atoms with Gasteiger partial charge in [0.1, 0.15) is 0 Å². The predicted octanol–water partition coefficient (Wildman–Crippen LogP) is 5.08. The van der Waals surface area contributed by atoms with Crippen molar-refractivity contribution in [3.8, 4) is 0 Å². The van der Waals surface area contributed by atoms with Crippen LogP contribution in [0.3, 0.4) is 0 Å². The molecule has 0 bridgehead atoms. The zero-order chi connectivity index (χ0) is 14.1. The van der Waals surface area contributed by atoms with Gasteiger partial charge in [0.05, 0.1) is 0 Å². The van der Waals surface area contributed by atoms with Gasteiger partial charge in [-0.15, -0.1) is 0 Å². The van der Waals surface area contributed by atoms with Crippen LogP contribution in [0.15, 0.2) is 24.3 Å². The van der Waals surface area contributed by atoms with E-state index in [-0.39, 0.29) is 0 Å². The summed E-state index contributed by atoms with van der Waals surface area (Å²) in [6, 6.07) is 8.84. The maximum absolute atomic E-state index is 6.08. The van der Waals surface area contributed by atoms with Gasteiger partial charge in [0, 0.05) is 11.1 Å². The molecule has 1 nitrogen and oxygen atoms in total. The minimum absolute atomic E-state index is 0.569. The molecule has 0 heterocycles. The molecule has 2 atom stereocenters. The highest BCUT2D eigenvalue weighted by atomic mass is 35.5. The molecule has 0 aliphatic rings. The first-order valence-electron chi connectivity index (χ1n) is 7.69. The summed E-state index contributed by atoms with van der Waals surface area (Å²) in [7, 11) is 0. The van der Waals surface area contributed by atoms with Gasteiger partial charge in [0.25, 0.3) is 0 Å². The Morgan fingerprint density at radius 2 is 2.00 bits per heavy atom. The van der Waals surface area contributed by atoms with Crippen molar-refractivity contribution in [2.24, 2.45) is 5.92 Å². The van der Waals surface area contributed by atoms with Gasteiger partial charge in [-0.3, -0.25) is 0 Å². The van der Waals surface area contributed by atoms with E-state index in [2.05, 4.69) is 38.2 Å². The Balaban J connectivity index is 2.69. The molecule has 0 amide bonds. The first-order chi connectivity index (χ1) is 9.21. The third-order valence-electron chi connectivity index (χ3n) is 3.83. The number of rotatable bonds is 9. The van der Waals surface area contributed by atoms with Crippen LogP contribution in [0.5, 0.6) is 0 Å². The van der Waals surface area contributed by atoms with Crippen molar-refractivity contribution < 1.29 is 0 Å². The summed E-state index contributed by atoms with van der Waals surface area (Å²) in [6.07, 6.45) is 6.27. The van der Waals surface area contributed by atoms with Crippen LogP contribution >= 0.6 is 11.6 Å². The van der Waals surface area contributed by atoms with E-state index in [1.54, 1.807) is 0 Å². The van der Waals surface area contributed by atoms with Gasteiger partial charge in [-0.05, 0) is 43.0 Å². The number of unbranched alkanes of at least 4 members (excludes halogenated alkanes) is 1. The molecule has 19 heavy (non-hydrogen) atoms. The number of hydrogen-bond acceptors (Lipinski definition) is 1. The Bertz CT molecular complexity index is 351. The molecule has 0 aromatic heterocycles. The minimum Gasteiger partial charge on any atom is -0.314 e. The molecule has 1 rings (SSSR count). The molecule has 0 aliphatic carbocycles. The second-order valence-corrected chi connectivity index (χ2v) is 5.75. The highest BCUT2D eigenvalue weighted by Crippen LogP contribution is 2.21. The van der Waals surface area contributed by atoms with Gasteiger partial charge in [-0.1, -0.05) is 63.8 Å². The topological polar surface area (TPSA) is 12.0 Å². The fraction of sp³-hybridized carbons (Fsp3) is 0.647. The molecular formula is C17H28ClN. The minimum atomic E-state index is 0.569. The Morgan fingerprint density at radius 3 is 2.58 bits per heavy atom. The Hall–Kier alpha value is -0.530. The molecule has 0 fully saturated rings. The normalized spacial score (nSPS) is 14.3. The molecule has 108 valence electrons. The van der Waals surface area contributed by atoms with E-state index in [9.17, 15) is 0 Å². The number of likely N-dealkylation sites (N-methyl/N-ethyl adjacent to an activating group) is 1. The summed E-state index contributed by atoms with van der Waals surface area (Å²) in [5, 5.41) is 4.51. The van der Waals surface area contributed by atoms with Crippen molar-refractivity contribution in [2.75, 3.05) is 6.54 Å². The summed E-state index contributed by atoms with van der Waals surface area (Å²) in [5.74, 6) is 0.763. The van der Waals surface area contributed by atoms with Gasteiger partial charge in [0.2, 0.25) is 0 Å². The molecule has 0 radical (unpaired) electrons. The van der Waals surface area contributed by atoms with Gasteiger partial charge in [-0.25, -0.2) is 0 Å². The third-order valence-corrected chi connectivity index (χ3v) is 4.07. The summed E-state index contributed by atoms with van der Waals surface area (Å²) < 4.78 is 0. The van der Waals surface area contributed by atoms with Crippen LogP contribution in [0, 0.1) is 5.92 Å². The fourth-order valence-electron chi connectivity index (χ4n) is 2.74. The number of hydrogen-bond donors (Lipinski definition) is 1. The van der Waals surface area contributed by atoms with Crippen molar-refractivity contribution in [1.82, 2.24) is 5.32 Å². The highest BCUT2D eigenvalue weighted by molar-refractivity contribution is 6.30. The van der Waals surface area contributed by atoms with Crippen LogP contribution in [-0.4, -0.2) is 12.6 Å². The largest absolute Gasteiger partial charge is 0.314 e. The van der Waals surface area contributed by atoms with Crippen molar-refractivity contribution in [1.29, 1.82) is 0 Å². The summed E-state index contributed by atoms with van der Waals surface area (Å²) in [4.78, 5) is 0. The lowest BCUT2D eigenvalue weighted by molar-refractivity contribution is 0.319. The monoisotopic (exact) mass is 281 g/mol.